The number of nitrogens with zero attached hydrogens (tertiary/aromatic N) is 2. The van der Waals surface area contributed by atoms with E-state index < -0.39 is 0 Å². The summed E-state index contributed by atoms with van der Waals surface area (Å²) < 4.78 is 22.8. The van der Waals surface area contributed by atoms with Gasteiger partial charge in [0.1, 0.15) is 5.82 Å². The van der Waals surface area contributed by atoms with Crippen LogP contribution in [-0.4, -0.2) is 27.3 Å². The number of ether oxygens (including phenoxy) is 1. The number of aromatic nitrogens is 2. The molecule has 7 heteroatoms. The predicted molar refractivity (Wildman–Crippen MR) is 138 cm³/mol. The smallest absolute Gasteiger partial charge is 0.297 e. The van der Waals surface area contributed by atoms with Crippen molar-refractivity contribution in [2.45, 2.75) is 58.9 Å². The van der Waals surface area contributed by atoms with Crippen LogP contribution in [-0.2, 0) is 24.3 Å². The van der Waals surface area contributed by atoms with Gasteiger partial charge in [0.05, 0.1) is 36.3 Å². The van der Waals surface area contributed by atoms with Crippen LogP contribution in [0.4, 0.5) is 4.39 Å². The Labute approximate surface area is 207 Å². The normalized spacial score (nSPS) is 12.1. The highest BCUT2D eigenvalue weighted by atomic mass is 32.1. The van der Waals surface area contributed by atoms with Crippen LogP contribution in [0.5, 0.6) is 6.01 Å². The summed E-state index contributed by atoms with van der Waals surface area (Å²) in [5.41, 5.74) is 3.95. The third kappa shape index (κ3) is 6.41. The molecule has 3 rings (SSSR count). The maximum absolute atomic E-state index is 15.1. The van der Waals surface area contributed by atoms with Gasteiger partial charge >= 0.3 is 0 Å². The van der Waals surface area contributed by atoms with Crippen LogP contribution in [0.1, 0.15) is 51.1 Å². The highest BCUT2D eigenvalue weighted by Crippen LogP contribution is 2.26. The van der Waals surface area contributed by atoms with Gasteiger partial charge in [-0.25, -0.2) is 4.39 Å². The minimum absolute atomic E-state index is 0.122. The molecule has 1 heterocycles. The quantitative estimate of drug-likeness (QED) is 0.346. The van der Waals surface area contributed by atoms with Gasteiger partial charge < -0.3 is 10.1 Å². The molecule has 0 spiro atoms. The molecule has 0 aliphatic rings. The van der Waals surface area contributed by atoms with Gasteiger partial charge in [-0.05, 0) is 42.9 Å². The number of halogens is 1. The van der Waals surface area contributed by atoms with E-state index in [1.807, 2.05) is 54.8 Å². The lowest BCUT2D eigenvalue weighted by molar-refractivity contribution is -0.121. The lowest BCUT2D eigenvalue weighted by Crippen LogP contribution is -2.32. The van der Waals surface area contributed by atoms with Crippen molar-refractivity contribution in [3.63, 3.8) is 0 Å². The average Bonchev–Trinajstić information content (AvgIpc) is 3.15. The van der Waals surface area contributed by atoms with Crippen LogP contribution in [0.2, 0.25) is 0 Å². The van der Waals surface area contributed by atoms with Crippen LogP contribution in [0.15, 0.2) is 48.5 Å². The monoisotopic (exact) mass is 483 g/mol. The van der Waals surface area contributed by atoms with Gasteiger partial charge in [-0.1, -0.05) is 63.2 Å². The summed E-state index contributed by atoms with van der Waals surface area (Å²) in [6.07, 6.45) is 1.36. The van der Waals surface area contributed by atoms with Gasteiger partial charge in [0, 0.05) is 5.56 Å². The molecule has 0 aliphatic carbocycles. The first-order valence-electron chi connectivity index (χ1n) is 11.8. The number of hydrogen-bond donors (Lipinski definition) is 2. The van der Waals surface area contributed by atoms with E-state index in [2.05, 4.69) is 36.8 Å². The number of aryl methyl sites for hydroxylation is 1. The molecule has 1 atom stereocenters. The lowest BCUT2D eigenvalue weighted by atomic mass is 10.0. The van der Waals surface area contributed by atoms with Crippen LogP contribution in [0.25, 0.3) is 11.1 Å². The summed E-state index contributed by atoms with van der Waals surface area (Å²) >= 11 is 4.45. The van der Waals surface area contributed by atoms with E-state index in [0.717, 1.165) is 22.5 Å². The van der Waals surface area contributed by atoms with E-state index in [-0.39, 0.29) is 30.1 Å². The number of carbonyl (C=O) groups is 1. The zero-order chi connectivity index (χ0) is 24.7. The molecule has 0 unspecified atom stereocenters. The Balaban J connectivity index is 1.88. The Morgan fingerprint density at radius 3 is 2.50 bits per heavy atom. The molecule has 0 aliphatic heterocycles. The molecule has 34 heavy (non-hydrogen) atoms. The molecule has 5 nitrogen and oxygen atoms in total. The summed E-state index contributed by atoms with van der Waals surface area (Å²) in [6.45, 7) is 8.99. The number of benzene rings is 2. The average molecular weight is 484 g/mol. The summed E-state index contributed by atoms with van der Waals surface area (Å²) in [7, 11) is 0. The number of nitrogens with one attached hydrogen (secondary N) is 1. The number of amides is 1. The first-order chi connectivity index (χ1) is 16.3. The van der Waals surface area contributed by atoms with Crippen molar-refractivity contribution in [1.29, 1.82) is 0 Å². The second-order valence-corrected chi connectivity index (χ2v) is 9.32. The van der Waals surface area contributed by atoms with Crippen molar-refractivity contribution in [2.24, 2.45) is 5.92 Å². The fourth-order valence-corrected chi connectivity index (χ4v) is 4.41. The van der Waals surface area contributed by atoms with E-state index in [4.69, 9.17) is 4.74 Å². The topological polar surface area (TPSA) is 56.1 Å². The molecule has 0 saturated carbocycles. The van der Waals surface area contributed by atoms with E-state index >= 15 is 4.39 Å². The van der Waals surface area contributed by atoms with Crippen molar-refractivity contribution in [1.82, 2.24) is 14.9 Å². The van der Waals surface area contributed by atoms with Crippen LogP contribution in [0.3, 0.4) is 0 Å². The summed E-state index contributed by atoms with van der Waals surface area (Å²) in [5.74, 6) is -0.0440. The summed E-state index contributed by atoms with van der Waals surface area (Å²) in [4.78, 5) is 17.2. The molecule has 182 valence electrons. The third-order valence-corrected chi connectivity index (χ3v) is 6.09. The minimum atomic E-state index is -0.379. The largest absolute Gasteiger partial charge is 0.465 e. The molecule has 0 fully saturated rings. The molecule has 2 aromatic carbocycles. The molecule has 1 N–H and O–H groups in total. The van der Waals surface area contributed by atoms with Crippen molar-refractivity contribution in [3.05, 3.63) is 71.3 Å². The molecular weight excluding hydrogens is 449 g/mol. The molecule has 1 aromatic heterocycles. The van der Waals surface area contributed by atoms with Crippen molar-refractivity contribution >= 4 is 18.5 Å². The van der Waals surface area contributed by atoms with Crippen LogP contribution < -0.4 is 10.1 Å². The van der Waals surface area contributed by atoms with Gasteiger partial charge in [-0.15, -0.1) is 0 Å². The van der Waals surface area contributed by atoms with E-state index in [9.17, 15) is 4.79 Å². The van der Waals surface area contributed by atoms with Crippen LogP contribution in [0, 0.1) is 11.7 Å². The second kappa shape index (κ2) is 12.1. The first kappa shape index (κ1) is 25.8. The Bertz CT molecular complexity index is 1100. The Kier molecular flexibility index (Phi) is 9.16. The highest BCUT2D eigenvalue weighted by Gasteiger charge is 2.21. The standard InChI is InChI=1S/C27H34FN3O2S/c1-5-23-24(16-29-26(32)25(34)14-18(3)4)31(27(30-23)33-6-2)17-21-13-12-20(15-22(21)28)19-10-8-7-9-11-19/h7-13,15,18,25,34H,5-6,14,16-17H2,1-4H3,(H,29,32)/t25-/m0/s1. The Morgan fingerprint density at radius 2 is 1.88 bits per heavy atom. The number of thiol groups is 1. The lowest BCUT2D eigenvalue weighted by Gasteiger charge is -2.16. The molecule has 0 saturated heterocycles. The van der Waals surface area contributed by atoms with Gasteiger partial charge in [-0.3, -0.25) is 9.36 Å². The maximum Gasteiger partial charge on any atom is 0.297 e. The minimum Gasteiger partial charge on any atom is -0.465 e. The SMILES string of the molecule is CCOc1nc(CC)c(CNC(=O)[C@@H](S)CC(C)C)n1Cc1ccc(-c2ccccc2)cc1F. The van der Waals surface area contributed by atoms with Gasteiger partial charge in [0.25, 0.3) is 6.01 Å². The predicted octanol–water partition coefficient (Wildman–Crippen LogP) is 5.66. The Morgan fingerprint density at radius 1 is 1.15 bits per heavy atom. The van der Waals surface area contributed by atoms with Crippen molar-refractivity contribution in [3.8, 4) is 17.1 Å². The summed E-state index contributed by atoms with van der Waals surface area (Å²) in [5, 5.41) is 2.60. The second-order valence-electron chi connectivity index (χ2n) is 8.70. The highest BCUT2D eigenvalue weighted by molar-refractivity contribution is 7.81. The molecule has 3 aromatic rings. The molecule has 1 amide bonds. The van der Waals surface area contributed by atoms with Crippen molar-refractivity contribution in [2.75, 3.05) is 6.61 Å². The zero-order valence-corrected chi connectivity index (χ0v) is 21.2. The van der Waals surface area contributed by atoms with E-state index in [0.29, 0.717) is 36.9 Å². The zero-order valence-electron chi connectivity index (χ0n) is 20.3. The van der Waals surface area contributed by atoms with Gasteiger partial charge in [-0.2, -0.15) is 17.6 Å². The van der Waals surface area contributed by atoms with E-state index in [1.54, 1.807) is 12.1 Å². The summed E-state index contributed by atoms with van der Waals surface area (Å²) in [6, 6.07) is 15.4. The van der Waals surface area contributed by atoms with Gasteiger partial charge in [0.2, 0.25) is 5.91 Å². The molecular formula is C27H34FN3O2S. The number of hydrogen-bond acceptors (Lipinski definition) is 4. The fourth-order valence-electron chi connectivity index (χ4n) is 3.89. The van der Waals surface area contributed by atoms with Gasteiger partial charge in [0.15, 0.2) is 0 Å². The van der Waals surface area contributed by atoms with Crippen LogP contribution >= 0.6 is 12.6 Å². The Hall–Kier alpha value is -2.80. The number of imidazole rings is 1. The molecule has 0 bridgehead atoms. The first-order valence-corrected chi connectivity index (χ1v) is 12.4. The number of carbonyl (C=O) groups excluding carboxylic acids is 1. The van der Waals surface area contributed by atoms with E-state index in [1.165, 1.54) is 0 Å². The fraction of sp³-hybridized carbons (Fsp3) is 0.407. The maximum atomic E-state index is 15.1. The number of rotatable bonds is 11. The third-order valence-electron chi connectivity index (χ3n) is 5.64. The molecule has 0 radical (unpaired) electrons. The van der Waals surface area contributed by atoms with Crippen molar-refractivity contribution < 1.29 is 13.9 Å².